The number of aromatic nitrogens is 2. The zero-order valence-electron chi connectivity index (χ0n) is 17.3. The van der Waals surface area contributed by atoms with Crippen LogP contribution < -0.4 is 9.80 Å². The molecule has 2 amide bonds. The quantitative estimate of drug-likeness (QED) is 0.704. The summed E-state index contributed by atoms with van der Waals surface area (Å²) < 4.78 is 13.2. The van der Waals surface area contributed by atoms with Crippen LogP contribution in [0.1, 0.15) is 31.3 Å². The van der Waals surface area contributed by atoms with Gasteiger partial charge in [0.1, 0.15) is 17.5 Å². The summed E-state index contributed by atoms with van der Waals surface area (Å²) in [6.07, 6.45) is 2.11. The number of piperazine rings is 1. The Balaban J connectivity index is 1.43. The monoisotopic (exact) mass is 411 g/mol. The number of carbonyl (C=O) groups excluding carboxylic acids is 2. The normalized spacial score (nSPS) is 20.3. The van der Waals surface area contributed by atoms with Crippen LogP contribution in [0.5, 0.6) is 0 Å². The van der Waals surface area contributed by atoms with E-state index >= 15 is 0 Å². The zero-order valence-corrected chi connectivity index (χ0v) is 17.3. The smallest absolute Gasteiger partial charge is 0.251 e. The first-order chi connectivity index (χ1) is 14.5. The first kappa shape index (κ1) is 20.4. The number of halogens is 1. The number of carbonyl (C=O) groups is 2. The molecule has 3 heterocycles. The van der Waals surface area contributed by atoms with Gasteiger partial charge in [-0.2, -0.15) is 0 Å². The summed E-state index contributed by atoms with van der Waals surface area (Å²) in [6.45, 7) is 6.85. The van der Waals surface area contributed by atoms with Crippen molar-refractivity contribution in [2.24, 2.45) is 0 Å². The molecule has 0 saturated carbocycles. The Hall–Kier alpha value is -2.87. The lowest BCUT2D eigenvalue weighted by Crippen LogP contribution is -2.52. The average Bonchev–Trinajstić information content (AvgIpc) is 3.03. The molecule has 1 atom stereocenters. The van der Waals surface area contributed by atoms with Gasteiger partial charge in [-0.25, -0.2) is 19.3 Å². The van der Waals surface area contributed by atoms with Crippen LogP contribution in [0.3, 0.4) is 0 Å². The lowest BCUT2D eigenvalue weighted by atomic mass is 10.1. The van der Waals surface area contributed by atoms with Gasteiger partial charge in [-0.05, 0) is 37.6 Å². The van der Waals surface area contributed by atoms with Gasteiger partial charge in [0.25, 0.3) is 5.91 Å². The van der Waals surface area contributed by atoms with E-state index < -0.39 is 11.9 Å². The lowest BCUT2D eigenvalue weighted by Gasteiger charge is -2.37. The summed E-state index contributed by atoms with van der Waals surface area (Å²) in [6, 6.07) is 7.05. The lowest BCUT2D eigenvalue weighted by molar-refractivity contribution is -0.123. The summed E-state index contributed by atoms with van der Waals surface area (Å²) in [7, 11) is 0. The Labute approximate surface area is 175 Å². The Morgan fingerprint density at radius 2 is 1.77 bits per heavy atom. The van der Waals surface area contributed by atoms with Crippen LogP contribution in [0.15, 0.2) is 30.3 Å². The second-order valence-electron chi connectivity index (χ2n) is 7.80. The van der Waals surface area contributed by atoms with Crippen molar-refractivity contribution in [1.82, 2.24) is 14.9 Å². The summed E-state index contributed by atoms with van der Waals surface area (Å²) in [4.78, 5) is 40.0. The number of imide groups is 1. The summed E-state index contributed by atoms with van der Waals surface area (Å²) in [5, 5.41) is 0. The van der Waals surface area contributed by atoms with Crippen LogP contribution in [-0.2, 0) is 16.0 Å². The molecule has 1 unspecified atom stereocenters. The molecular formula is C22H26FN5O2. The highest BCUT2D eigenvalue weighted by molar-refractivity contribution is 6.22. The highest BCUT2D eigenvalue weighted by Gasteiger charge is 2.43. The molecule has 2 fully saturated rings. The maximum atomic E-state index is 13.2. The molecule has 0 N–H and O–H groups in total. The Bertz CT molecular complexity index is 941. The van der Waals surface area contributed by atoms with Crippen molar-refractivity contribution in [3.05, 3.63) is 47.7 Å². The molecule has 2 aliphatic rings. The molecule has 30 heavy (non-hydrogen) atoms. The van der Waals surface area contributed by atoms with E-state index in [-0.39, 0.29) is 18.2 Å². The van der Waals surface area contributed by atoms with Crippen LogP contribution >= 0.6 is 0 Å². The van der Waals surface area contributed by atoms with E-state index in [4.69, 9.17) is 0 Å². The molecule has 1 aromatic heterocycles. The van der Waals surface area contributed by atoms with Gasteiger partial charge in [-0.15, -0.1) is 0 Å². The number of hydrogen-bond donors (Lipinski definition) is 0. The van der Waals surface area contributed by atoms with E-state index in [9.17, 15) is 14.0 Å². The SMILES string of the molecule is CCCc1cc(N2CCN(C3CC(=O)N(c4ccc(F)cc4)C3=O)CC2)nc(C)n1. The third kappa shape index (κ3) is 4.05. The van der Waals surface area contributed by atoms with E-state index in [1.54, 1.807) is 0 Å². The van der Waals surface area contributed by atoms with E-state index in [0.717, 1.165) is 43.3 Å². The molecule has 2 saturated heterocycles. The maximum absolute atomic E-state index is 13.2. The Kier molecular flexibility index (Phi) is 5.76. The van der Waals surface area contributed by atoms with Crippen LogP contribution in [0, 0.1) is 12.7 Å². The second-order valence-corrected chi connectivity index (χ2v) is 7.80. The molecule has 0 aliphatic carbocycles. The van der Waals surface area contributed by atoms with E-state index in [1.165, 1.54) is 29.2 Å². The van der Waals surface area contributed by atoms with Gasteiger partial charge in [0, 0.05) is 37.9 Å². The zero-order chi connectivity index (χ0) is 21.3. The predicted octanol–water partition coefficient (Wildman–Crippen LogP) is 2.33. The van der Waals surface area contributed by atoms with Crippen molar-refractivity contribution in [3.63, 3.8) is 0 Å². The van der Waals surface area contributed by atoms with Crippen molar-refractivity contribution >= 4 is 23.3 Å². The molecule has 0 bridgehead atoms. The first-order valence-corrected chi connectivity index (χ1v) is 10.4. The second kappa shape index (κ2) is 8.47. The number of amides is 2. The number of hydrogen-bond acceptors (Lipinski definition) is 6. The minimum atomic E-state index is -0.465. The number of aryl methyl sites for hydroxylation is 2. The molecule has 1 aromatic carbocycles. The largest absolute Gasteiger partial charge is 0.354 e. The molecule has 0 spiro atoms. The molecule has 2 aromatic rings. The third-order valence-electron chi connectivity index (χ3n) is 5.67. The fourth-order valence-corrected chi connectivity index (χ4v) is 4.18. The van der Waals surface area contributed by atoms with Crippen LogP contribution in [0.25, 0.3) is 0 Å². The topological polar surface area (TPSA) is 69.6 Å². The summed E-state index contributed by atoms with van der Waals surface area (Å²) in [5.41, 5.74) is 1.47. The number of rotatable bonds is 5. The minimum absolute atomic E-state index is 0.156. The van der Waals surface area contributed by atoms with E-state index in [1.807, 2.05) is 13.0 Å². The highest BCUT2D eigenvalue weighted by Crippen LogP contribution is 2.27. The highest BCUT2D eigenvalue weighted by atomic mass is 19.1. The van der Waals surface area contributed by atoms with E-state index in [2.05, 4.69) is 26.7 Å². The van der Waals surface area contributed by atoms with Crippen molar-refractivity contribution in [3.8, 4) is 0 Å². The van der Waals surface area contributed by atoms with Gasteiger partial charge < -0.3 is 4.90 Å². The Morgan fingerprint density at radius 1 is 1.07 bits per heavy atom. The van der Waals surface area contributed by atoms with E-state index in [0.29, 0.717) is 18.8 Å². The third-order valence-corrected chi connectivity index (χ3v) is 5.67. The van der Waals surface area contributed by atoms with Gasteiger partial charge in [-0.1, -0.05) is 13.3 Å². The van der Waals surface area contributed by atoms with Gasteiger partial charge in [0.05, 0.1) is 18.2 Å². The average molecular weight is 411 g/mol. The molecule has 2 aliphatic heterocycles. The Morgan fingerprint density at radius 3 is 2.43 bits per heavy atom. The number of benzene rings is 1. The van der Waals surface area contributed by atoms with Crippen LogP contribution in [-0.4, -0.2) is 58.9 Å². The number of anilines is 2. The van der Waals surface area contributed by atoms with Crippen molar-refractivity contribution < 1.29 is 14.0 Å². The fourth-order valence-electron chi connectivity index (χ4n) is 4.18. The molecule has 8 heteroatoms. The fraction of sp³-hybridized carbons (Fsp3) is 0.455. The van der Waals surface area contributed by atoms with Gasteiger partial charge >= 0.3 is 0 Å². The molecule has 0 radical (unpaired) electrons. The molecule has 158 valence electrons. The summed E-state index contributed by atoms with van der Waals surface area (Å²) in [5.74, 6) is 0.822. The van der Waals surface area contributed by atoms with Crippen molar-refractivity contribution in [2.75, 3.05) is 36.0 Å². The molecule has 7 nitrogen and oxygen atoms in total. The maximum Gasteiger partial charge on any atom is 0.251 e. The summed E-state index contributed by atoms with van der Waals surface area (Å²) >= 11 is 0. The van der Waals surface area contributed by atoms with Gasteiger partial charge in [0.2, 0.25) is 5.91 Å². The molecular weight excluding hydrogens is 385 g/mol. The van der Waals surface area contributed by atoms with Crippen molar-refractivity contribution in [1.29, 1.82) is 0 Å². The van der Waals surface area contributed by atoms with Crippen LogP contribution in [0.4, 0.5) is 15.9 Å². The first-order valence-electron chi connectivity index (χ1n) is 10.4. The van der Waals surface area contributed by atoms with Crippen LogP contribution in [0.2, 0.25) is 0 Å². The molecule has 4 rings (SSSR count). The number of nitrogens with zero attached hydrogens (tertiary/aromatic N) is 5. The van der Waals surface area contributed by atoms with Gasteiger partial charge in [-0.3, -0.25) is 14.5 Å². The van der Waals surface area contributed by atoms with Crippen molar-refractivity contribution in [2.45, 2.75) is 39.2 Å². The predicted molar refractivity (Wildman–Crippen MR) is 112 cm³/mol. The minimum Gasteiger partial charge on any atom is -0.354 e. The standard InChI is InChI=1S/C22H26FN5O2/c1-3-4-17-13-20(25-15(2)24-17)27-11-9-26(10-12-27)19-14-21(29)28(22(19)30)18-7-5-16(23)6-8-18/h5-8,13,19H,3-4,9-12,14H2,1-2H3. The van der Waals surface area contributed by atoms with Gasteiger partial charge in [0.15, 0.2) is 0 Å².